The molecule has 0 fully saturated rings. The van der Waals surface area contributed by atoms with Crippen LogP contribution in [0, 0.1) is 0 Å². The second-order valence-electron chi connectivity index (χ2n) is 6.35. The molecule has 0 bridgehead atoms. The molecule has 8 nitrogen and oxygen atoms in total. The van der Waals surface area contributed by atoms with Crippen molar-refractivity contribution in [3.63, 3.8) is 0 Å². The van der Waals surface area contributed by atoms with Crippen LogP contribution in [0.5, 0.6) is 5.75 Å². The first-order valence-electron chi connectivity index (χ1n) is 8.79. The Kier molecular flexibility index (Phi) is 4.66. The van der Waals surface area contributed by atoms with Crippen LogP contribution in [-0.4, -0.2) is 26.8 Å². The Labute approximate surface area is 165 Å². The Morgan fingerprint density at radius 1 is 1.10 bits per heavy atom. The lowest BCUT2D eigenvalue weighted by molar-refractivity contribution is -0.131. The highest BCUT2D eigenvalue weighted by Crippen LogP contribution is 2.27. The molecule has 8 heteroatoms. The van der Waals surface area contributed by atoms with Gasteiger partial charge in [-0.3, -0.25) is 14.6 Å². The summed E-state index contributed by atoms with van der Waals surface area (Å²) in [7, 11) is 0. The number of rotatable bonds is 5. The number of primary amides is 1. The second kappa shape index (κ2) is 7.43. The van der Waals surface area contributed by atoms with Crippen LogP contribution in [0.4, 0.5) is 11.5 Å². The van der Waals surface area contributed by atoms with Gasteiger partial charge >= 0.3 is 5.97 Å². The van der Waals surface area contributed by atoms with Gasteiger partial charge in [0.05, 0.1) is 23.7 Å². The molecule has 2 aromatic carbocycles. The zero-order valence-corrected chi connectivity index (χ0v) is 15.5. The van der Waals surface area contributed by atoms with Gasteiger partial charge in [0.2, 0.25) is 0 Å². The number of carbonyl (C=O) groups excluding carboxylic acids is 2. The van der Waals surface area contributed by atoms with Crippen LogP contribution in [0.15, 0.2) is 60.9 Å². The summed E-state index contributed by atoms with van der Waals surface area (Å²) in [5, 5.41) is 4.18. The third-order valence-corrected chi connectivity index (χ3v) is 4.21. The molecule has 2 heterocycles. The molecule has 4 N–H and O–H groups in total. The molecule has 4 rings (SSSR count). The summed E-state index contributed by atoms with van der Waals surface area (Å²) in [5.74, 6) is -0.671. The first kappa shape index (κ1) is 18.2. The molecule has 4 aromatic rings. The quantitative estimate of drug-likeness (QED) is 0.356. The Morgan fingerprint density at radius 3 is 2.69 bits per heavy atom. The van der Waals surface area contributed by atoms with Crippen LogP contribution in [0.3, 0.4) is 0 Å². The molecule has 0 aliphatic rings. The molecule has 144 valence electrons. The molecular weight excluding hydrogens is 370 g/mol. The van der Waals surface area contributed by atoms with Crippen LogP contribution in [0.2, 0.25) is 0 Å². The van der Waals surface area contributed by atoms with Crippen molar-refractivity contribution >= 4 is 34.3 Å². The summed E-state index contributed by atoms with van der Waals surface area (Å²) < 4.78 is 5.09. The van der Waals surface area contributed by atoms with Gasteiger partial charge < -0.3 is 20.8 Å². The number of anilines is 2. The fourth-order valence-corrected chi connectivity index (χ4v) is 2.96. The molecule has 1 amide bonds. The summed E-state index contributed by atoms with van der Waals surface area (Å²) in [5.41, 5.74) is 8.53. The van der Waals surface area contributed by atoms with Crippen molar-refractivity contribution in [1.82, 2.24) is 15.0 Å². The average Bonchev–Trinajstić information content (AvgIpc) is 3.12. The highest BCUT2D eigenvalue weighted by atomic mass is 16.5. The van der Waals surface area contributed by atoms with Gasteiger partial charge in [-0.25, -0.2) is 4.98 Å². The molecule has 0 spiro atoms. The number of nitrogens with one attached hydrogen (secondary N) is 2. The predicted octanol–water partition coefficient (Wildman–Crippen LogP) is 3.39. The normalized spacial score (nSPS) is 10.7. The summed E-state index contributed by atoms with van der Waals surface area (Å²) in [4.78, 5) is 35.0. The Balaban J connectivity index is 1.64. The van der Waals surface area contributed by atoms with E-state index in [9.17, 15) is 9.59 Å². The standard InChI is InChI=1S/C21H17N5O3/c1-12(27)29-19-9-14(6-7-15(19)21(22)28)24-20-11-23-10-18(26-20)17-8-13-4-2-3-5-16(13)25-17/h2-11,25H,1H3,(H2,22,28)(H,24,26). The number of hydrogen-bond donors (Lipinski definition) is 3. The number of esters is 1. The summed E-state index contributed by atoms with van der Waals surface area (Å²) in [6, 6.07) is 14.6. The summed E-state index contributed by atoms with van der Waals surface area (Å²) >= 11 is 0. The lowest BCUT2D eigenvalue weighted by Crippen LogP contribution is -2.14. The van der Waals surface area contributed by atoms with Gasteiger partial charge in [0.1, 0.15) is 17.3 Å². The second-order valence-corrected chi connectivity index (χ2v) is 6.35. The largest absolute Gasteiger partial charge is 0.426 e. The van der Waals surface area contributed by atoms with E-state index < -0.39 is 11.9 Å². The number of benzene rings is 2. The Morgan fingerprint density at radius 2 is 1.93 bits per heavy atom. The highest BCUT2D eigenvalue weighted by molar-refractivity contribution is 5.97. The van der Waals surface area contributed by atoms with E-state index >= 15 is 0 Å². The number of fused-ring (bicyclic) bond motifs is 1. The van der Waals surface area contributed by atoms with Gasteiger partial charge in [0.25, 0.3) is 5.91 Å². The van der Waals surface area contributed by atoms with Crippen molar-refractivity contribution in [3.05, 3.63) is 66.5 Å². The monoisotopic (exact) mass is 387 g/mol. The van der Waals surface area contributed by atoms with Crippen molar-refractivity contribution in [2.24, 2.45) is 5.73 Å². The number of ether oxygens (including phenoxy) is 1. The van der Waals surface area contributed by atoms with Crippen molar-refractivity contribution < 1.29 is 14.3 Å². The molecular formula is C21H17N5O3. The van der Waals surface area contributed by atoms with Crippen molar-refractivity contribution in [2.45, 2.75) is 6.92 Å². The number of hydrogen-bond acceptors (Lipinski definition) is 6. The molecule has 0 aliphatic heterocycles. The van der Waals surface area contributed by atoms with Crippen molar-refractivity contribution in [1.29, 1.82) is 0 Å². The smallest absolute Gasteiger partial charge is 0.308 e. The van der Waals surface area contributed by atoms with Gasteiger partial charge in [-0.15, -0.1) is 0 Å². The average molecular weight is 387 g/mol. The van der Waals surface area contributed by atoms with E-state index in [0.29, 0.717) is 17.2 Å². The zero-order chi connectivity index (χ0) is 20.4. The van der Waals surface area contributed by atoms with Gasteiger partial charge in [0, 0.05) is 29.6 Å². The lowest BCUT2D eigenvalue weighted by atomic mass is 10.1. The maximum Gasteiger partial charge on any atom is 0.308 e. The Bertz CT molecular complexity index is 1200. The molecule has 0 aliphatic carbocycles. The molecule has 0 saturated carbocycles. The summed E-state index contributed by atoms with van der Waals surface area (Å²) in [6.45, 7) is 1.25. The van der Waals surface area contributed by atoms with E-state index in [2.05, 4.69) is 20.3 Å². The number of aromatic amines is 1. The molecule has 0 radical (unpaired) electrons. The van der Waals surface area contributed by atoms with Crippen LogP contribution >= 0.6 is 0 Å². The first-order valence-corrected chi connectivity index (χ1v) is 8.79. The zero-order valence-electron chi connectivity index (χ0n) is 15.5. The van der Waals surface area contributed by atoms with Crippen LogP contribution < -0.4 is 15.8 Å². The summed E-state index contributed by atoms with van der Waals surface area (Å²) in [6.07, 6.45) is 3.23. The molecule has 29 heavy (non-hydrogen) atoms. The minimum Gasteiger partial charge on any atom is -0.426 e. The van der Waals surface area contributed by atoms with Crippen LogP contribution in [0.25, 0.3) is 22.3 Å². The molecule has 0 atom stereocenters. The lowest BCUT2D eigenvalue weighted by Gasteiger charge is -2.11. The van der Waals surface area contributed by atoms with Gasteiger partial charge in [-0.2, -0.15) is 0 Å². The highest BCUT2D eigenvalue weighted by Gasteiger charge is 2.13. The molecule has 2 aromatic heterocycles. The minimum absolute atomic E-state index is 0.0785. The number of H-pyrrole nitrogens is 1. The third kappa shape index (κ3) is 3.91. The van der Waals surface area contributed by atoms with E-state index in [4.69, 9.17) is 10.5 Å². The number of carbonyl (C=O) groups is 2. The fourth-order valence-electron chi connectivity index (χ4n) is 2.96. The van der Waals surface area contributed by atoms with Gasteiger partial charge in [0.15, 0.2) is 0 Å². The molecule has 0 unspecified atom stereocenters. The van der Waals surface area contributed by atoms with Crippen molar-refractivity contribution in [3.8, 4) is 17.1 Å². The number of nitrogens with zero attached hydrogens (tertiary/aromatic N) is 2. The number of para-hydroxylation sites is 1. The topological polar surface area (TPSA) is 123 Å². The van der Waals surface area contributed by atoms with Gasteiger partial charge in [-0.05, 0) is 24.3 Å². The number of aromatic nitrogens is 3. The third-order valence-electron chi connectivity index (χ3n) is 4.21. The van der Waals surface area contributed by atoms with Crippen LogP contribution in [0.1, 0.15) is 17.3 Å². The first-order chi connectivity index (χ1) is 14.0. The van der Waals surface area contributed by atoms with Gasteiger partial charge in [-0.1, -0.05) is 18.2 Å². The fraction of sp³-hybridized carbons (Fsp3) is 0.0476. The van der Waals surface area contributed by atoms with E-state index in [0.717, 1.165) is 16.6 Å². The van der Waals surface area contributed by atoms with Crippen molar-refractivity contribution in [2.75, 3.05) is 5.32 Å². The van der Waals surface area contributed by atoms with E-state index in [-0.39, 0.29) is 11.3 Å². The maximum atomic E-state index is 11.5. The number of amides is 1. The van der Waals surface area contributed by atoms with E-state index in [1.54, 1.807) is 18.5 Å². The molecule has 0 saturated heterocycles. The minimum atomic E-state index is -0.687. The van der Waals surface area contributed by atoms with Crippen LogP contribution in [-0.2, 0) is 4.79 Å². The van der Waals surface area contributed by atoms with E-state index in [1.165, 1.54) is 19.1 Å². The van der Waals surface area contributed by atoms with E-state index in [1.807, 2.05) is 30.3 Å². The SMILES string of the molecule is CC(=O)Oc1cc(Nc2cncc(-c3cc4ccccc4[nH]3)n2)ccc1C(N)=O. The number of nitrogens with two attached hydrogens (primary N) is 1. The Hall–Kier alpha value is -4.20. The predicted molar refractivity (Wildman–Crippen MR) is 109 cm³/mol. The maximum absolute atomic E-state index is 11.5.